The average molecular weight is 402 g/mol. The van der Waals surface area contributed by atoms with Crippen molar-refractivity contribution >= 4 is 23.2 Å². The minimum absolute atomic E-state index is 0.00357. The molecule has 0 atom stereocenters. The zero-order valence-electron chi connectivity index (χ0n) is 15.2. The zero-order valence-corrected chi connectivity index (χ0v) is 16.0. The van der Waals surface area contributed by atoms with Crippen molar-refractivity contribution in [3.8, 4) is 16.4 Å². The number of amides is 1. The van der Waals surface area contributed by atoms with Crippen LogP contribution in [0, 0.1) is 5.82 Å². The van der Waals surface area contributed by atoms with Gasteiger partial charge in [-0.25, -0.2) is 14.1 Å². The lowest BCUT2D eigenvalue weighted by molar-refractivity contribution is -0.143. The highest BCUT2D eigenvalue weighted by atomic mass is 32.1. The van der Waals surface area contributed by atoms with Gasteiger partial charge >= 0.3 is 5.97 Å². The van der Waals surface area contributed by atoms with Crippen LogP contribution in [0.15, 0.2) is 41.8 Å². The number of aromatic nitrogens is 3. The summed E-state index contributed by atoms with van der Waals surface area (Å²) in [6.45, 7) is 2.38. The number of esters is 1. The fraction of sp³-hybridized carbons (Fsp3) is 0.263. The second-order valence-electron chi connectivity index (χ2n) is 5.79. The summed E-state index contributed by atoms with van der Waals surface area (Å²) in [5.41, 5.74) is 0.596. The Bertz CT molecular complexity index is 939. The summed E-state index contributed by atoms with van der Waals surface area (Å²) in [5, 5.41) is 8.89. The Kier molecular flexibility index (Phi) is 6.49. The summed E-state index contributed by atoms with van der Waals surface area (Å²) in [6.07, 6.45) is 0.688. The second kappa shape index (κ2) is 9.23. The summed E-state index contributed by atoms with van der Waals surface area (Å²) in [4.78, 5) is 28.9. The van der Waals surface area contributed by atoms with Gasteiger partial charge in [0, 0.05) is 13.0 Å². The third-order valence-corrected chi connectivity index (χ3v) is 4.64. The molecule has 2 heterocycles. The molecule has 2 aromatic heterocycles. The molecule has 7 nitrogen and oxygen atoms in total. The van der Waals surface area contributed by atoms with E-state index < -0.39 is 5.91 Å². The Morgan fingerprint density at radius 2 is 2.04 bits per heavy atom. The number of rotatable bonds is 8. The minimum atomic E-state index is -0.442. The zero-order chi connectivity index (χ0) is 19.9. The Morgan fingerprint density at radius 3 is 2.71 bits per heavy atom. The Hall–Kier alpha value is -3.07. The third kappa shape index (κ3) is 4.80. The van der Waals surface area contributed by atoms with E-state index in [1.54, 1.807) is 19.1 Å². The second-order valence-corrected chi connectivity index (χ2v) is 6.74. The van der Waals surface area contributed by atoms with Gasteiger partial charge in [0.05, 0.1) is 17.2 Å². The number of thiophene rings is 1. The Morgan fingerprint density at radius 1 is 1.25 bits per heavy atom. The first kappa shape index (κ1) is 19.7. The third-order valence-electron chi connectivity index (χ3n) is 3.77. The normalized spacial score (nSPS) is 10.6. The number of nitrogens with zero attached hydrogens (tertiary/aromatic N) is 3. The van der Waals surface area contributed by atoms with E-state index in [9.17, 15) is 14.0 Å². The van der Waals surface area contributed by atoms with Gasteiger partial charge < -0.3 is 10.1 Å². The molecule has 1 aromatic carbocycles. The van der Waals surface area contributed by atoms with Gasteiger partial charge in [-0.2, -0.15) is 0 Å². The van der Waals surface area contributed by atoms with E-state index in [-0.39, 0.29) is 24.0 Å². The van der Waals surface area contributed by atoms with Gasteiger partial charge in [-0.3, -0.25) is 9.59 Å². The van der Waals surface area contributed by atoms with Gasteiger partial charge in [0.25, 0.3) is 5.91 Å². The summed E-state index contributed by atoms with van der Waals surface area (Å²) in [7, 11) is 0. The molecule has 0 saturated carbocycles. The van der Waals surface area contributed by atoms with Crippen LogP contribution >= 0.6 is 11.3 Å². The van der Waals surface area contributed by atoms with Crippen LogP contribution in [-0.4, -0.2) is 39.8 Å². The first-order valence-corrected chi connectivity index (χ1v) is 9.67. The minimum Gasteiger partial charge on any atom is -0.466 e. The molecular weight excluding hydrogens is 383 g/mol. The number of hydrogen-bond donors (Lipinski definition) is 1. The summed E-state index contributed by atoms with van der Waals surface area (Å²) >= 11 is 1.46. The molecule has 0 saturated heterocycles. The van der Waals surface area contributed by atoms with Crippen molar-refractivity contribution in [2.45, 2.75) is 19.8 Å². The monoisotopic (exact) mass is 402 g/mol. The molecule has 0 fully saturated rings. The molecule has 0 aliphatic rings. The van der Waals surface area contributed by atoms with Crippen LogP contribution < -0.4 is 5.32 Å². The molecule has 0 bridgehead atoms. The maximum Gasteiger partial charge on any atom is 0.305 e. The lowest BCUT2D eigenvalue weighted by Crippen LogP contribution is -2.26. The van der Waals surface area contributed by atoms with Gasteiger partial charge in [-0.15, -0.1) is 16.4 Å². The molecule has 0 radical (unpaired) electrons. The van der Waals surface area contributed by atoms with Crippen LogP contribution in [-0.2, 0) is 9.53 Å². The average Bonchev–Trinajstić information content (AvgIpc) is 3.35. The highest BCUT2D eigenvalue weighted by molar-refractivity contribution is 7.13. The molecule has 3 rings (SSSR count). The molecule has 146 valence electrons. The van der Waals surface area contributed by atoms with Crippen molar-refractivity contribution in [1.29, 1.82) is 0 Å². The van der Waals surface area contributed by atoms with E-state index in [2.05, 4.69) is 15.4 Å². The lowest BCUT2D eigenvalue weighted by atomic mass is 10.3. The van der Waals surface area contributed by atoms with Crippen LogP contribution in [0.25, 0.3) is 16.4 Å². The van der Waals surface area contributed by atoms with Gasteiger partial charge in [-0.1, -0.05) is 6.07 Å². The quantitative estimate of drug-likeness (QED) is 0.462. The molecule has 1 amide bonds. The van der Waals surface area contributed by atoms with Crippen LogP contribution in [0.4, 0.5) is 4.39 Å². The van der Waals surface area contributed by atoms with Crippen molar-refractivity contribution in [3.05, 3.63) is 53.4 Å². The number of nitrogens with one attached hydrogen (secondary N) is 1. The summed E-state index contributed by atoms with van der Waals surface area (Å²) in [5.74, 6) is -0.596. The molecule has 0 unspecified atom stereocenters. The fourth-order valence-corrected chi connectivity index (χ4v) is 3.18. The van der Waals surface area contributed by atoms with Crippen molar-refractivity contribution in [3.63, 3.8) is 0 Å². The Balaban J connectivity index is 1.75. The van der Waals surface area contributed by atoms with E-state index in [0.717, 1.165) is 4.88 Å². The maximum atomic E-state index is 13.2. The van der Waals surface area contributed by atoms with E-state index >= 15 is 0 Å². The highest BCUT2D eigenvalue weighted by Gasteiger charge is 2.19. The summed E-state index contributed by atoms with van der Waals surface area (Å²) < 4.78 is 19.6. The largest absolute Gasteiger partial charge is 0.466 e. The van der Waals surface area contributed by atoms with E-state index in [0.29, 0.717) is 31.1 Å². The predicted molar refractivity (Wildman–Crippen MR) is 103 cm³/mol. The topological polar surface area (TPSA) is 86.1 Å². The van der Waals surface area contributed by atoms with Crippen molar-refractivity contribution in [2.24, 2.45) is 0 Å². The van der Waals surface area contributed by atoms with Crippen LogP contribution in [0.3, 0.4) is 0 Å². The molecule has 9 heteroatoms. The number of carbonyl (C=O) groups is 2. The molecule has 0 aliphatic heterocycles. The first-order chi connectivity index (χ1) is 13.6. The van der Waals surface area contributed by atoms with Crippen molar-refractivity contribution in [1.82, 2.24) is 20.1 Å². The predicted octanol–water partition coefficient (Wildman–Crippen LogP) is 3.21. The standard InChI is InChI=1S/C19H19FN4O3S/c1-2-27-16(25)6-3-11-21-19(26)17-22-18(15-5-4-12-28-15)24(23-17)14-9-7-13(20)8-10-14/h4-5,7-10,12H,2-3,6,11H2,1H3,(H,21,26). The molecule has 1 N–H and O–H groups in total. The maximum absolute atomic E-state index is 13.2. The summed E-state index contributed by atoms with van der Waals surface area (Å²) in [6, 6.07) is 9.54. The molecule has 0 spiro atoms. The molecular formula is C19H19FN4O3S. The van der Waals surface area contributed by atoms with Gasteiger partial charge in [0.1, 0.15) is 5.82 Å². The van der Waals surface area contributed by atoms with Crippen LogP contribution in [0.2, 0.25) is 0 Å². The lowest BCUT2D eigenvalue weighted by Gasteiger charge is -2.04. The van der Waals surface area contributed by atoms with Crippen molar-refractivity contribution in [2.75, 3.05) is 13.2 Å². The first-order valence-electron chi connectivity index (χ1n) is 8.79. The molecule has 3 aromatic rings. The van der Waals surface area contributed by atoms with E-state index in [1.165, 1.54) is 28.2 Å². The van der Waals surface area contributed by atoms with Crippen molar-refractivity contribution < 1.29 is 18.7 Å². The smallest absolute Gasteiger partial charge is 0.305 e. The molecule has 28 heavy (non-hydrogen) atoms. The van der Waals surface area contributed by atoms with Crippen LogP contribution in [0.5, 0.6) is 0 Å². The SMILES string of the molecule is CCOC(=O)CCCNC(=O)c1nc(-c2cccs2)n(-c2ccc(F)cc2)n1. The van der Waals surface area contributed by atoms with Gasteiger partial charge in [-0.05, 0) is 49.1 Å². The van der Waals surface area contributed by atoms with E-state index in [4.69, 9.17) is 4.74 Å². The van der Waals surface area contributed by atoms with E-state index in [1.807, 2.05) is 17.5 Å². The fourth-order valence-electron chi connectivity index (χ4n) is 2.48. The number of carbonyl (C=O) groups excluding carboxylic acids is 2. The Labute approximate surface area is 165 Å². The number of halogens is 1. The number of ether oxygens (including phenoxy) is 1. The number of benzene rings is 1. The van der Waals surface area contributed by atoms with Gasteiger partial charge in [0.2, 0.25) is 5.82 Å². The van der Waals surface area contributed by atoms with Gasteiger partial charge in [0.15, 0.2) is 5.82 Å². The van der Waals surface area contributed by atoms with Crippen LogP contribution in [0.1, 0.15) is 30.4 Å². The number of hydrogen-bond acceptors (Lipinski definition) is 6. The molecule has 0 aliphatic carbocycles. The highest BCUT2D eigenvalue weighted by Crippen LogP contribution is 2.25.